The third-order valence-electron chi connectivity index (χ3n) is 3.64. The van der Waals surface area contributed by atoms with E-state index >= 15 is 0 Å². The first-order valence-corrected chi connectivity index (χ1v) is 7.92. The molecule has 2 aromatic rings. The Morgan fingerprint density at radius 1 is 1.24 bits per heavy atom. The predicted molar refractivity (Wildman–Crippen MR) is 98.6 cm³/mol. The highest BCUT2D eigenvalue weighted by Gasteiger charge is 2.15. The lowest BCUT2D eigenvalue weighted by Crippen LogP contribution is -2.25. The fourth-order valence-electron chi connectivity index (χ4n) is 2.50. The molecule has 138 valence electrons. The Kier molecular flexibility index (Phi) is 8.10. The number of hydrogen-bond acceptors (Lipinski definition) is 5. The van der Waals surface area contributed by atoms with Crippen molar-refractivity contribution in [3.8, 4) is 5.75 Å². The summed E-state index contributed by atoms with van der Waals surface area (Å²) in [4.78, 5) is 24.8. The smallest absolute Gasteiger partial charge is 0.290 e. The first-order chi connectivity index (χ1) is 11.8. The number of methoxy groups -OCH3 is 1. The Morgan fingerprint density at radius 3 is 2.40 bits per heavy atom. The highest BCUT2D eigenvalue weighted by atomic mass is 16.5. The Hall–Kier alpha value is -2.38. The maximum atomic E-state index is 12.5. The van der Waals surface area contributed by atoms with Gasteiger partial charge in [0.15, 0.2) is 0 Å². The minimum absolute atomic E-state index is 0.0799. The molecule has 0 aliphatic heterocycles. The molecular formula is C18H27N3O4. The highest BCUT2D eigenvalue weighted by Crippen LogP contribution is 2.26. The lowest BCUT2D eigenvalue weighted by atomic mass is 10.1. The Balaban J connectivity index is 0.000000970. The van der Waals surface area contributed by atoms with Crippen LogP contribution in [0.3, 0.4) is 0 Å². The molecule has 0 saturated carbocycles. The molecule has 7 nitrogen and oxygen atoms in total. The lowest BCUT2D eigenvalue weighted by molar-refractivity contribution is -0.122. The van der Waals surface area contributed by atoms with Gasteiger partial charge in [0, 0.05) is 18.1 Å². The molecule has 0 amide bonds. The standard InChI is InChI=1S/C17H25N3O2.CH2O2/c1-18(2)9-8-13-11-20(17(21)12-19(3)4)16-7-6-14(22-5)10-15(13)16;2-1-3/h6-7,10-11H,8-9,12H2,1-5H3;1H,(H,2,3). The van der Waals surface area contributed by atoms with Crippen molar-refractivity contribution in [3.05, 3.63) is 30.0 Å². The summed E-state index contributed by atoms with van der Waals surface area (Å²) in [5.41, 5.74) is 2.12. The van der Waals surface area contributed by atoms with E-state index in [-0.39, 0.29) is 12.4 Å². The van der Waals surface area contributed by atoms with E-state index in [0.717, 1.165) is 29.6 Å². The molecule has 2 rings (SSSR count). The second-order valence-electron chi connectivity index (χ2n) is 6.20. The maximum Gasteiger partial charge on any atom is 0.290 e. The Bertz CT molecular complexity index is 708. The summed E-state index contributed by atoms with van der Waals surface area (Å²) in [7, 11) is 9.57. The summed E-state index contributed by atoms with van der Waals surface area (Å²) in [6, 6.07) is 5.87. The number of likely N-dealkylation sites (N-methyl/N-ethyl adjacent to an activating group) is 2. The minimum atomic E-state index is -0.250. The molecule has 0 fully saturated rings. The summed E-state index contributed by atoms with van der Waals surface area (Å²) in [5.74, 6) is 0.896. The number of rotatable bonds is 6. The molecule has 7 heteroatoms. The van der Waals surface area contributed by atoms with Crippen LogP contribution in [0.5, 0.6) is 5.75 Å². The Morgan fingerprint density at radius 2 is 1.88 bits per heavy atom. The predicted octanol–water partition coefficient (Wildman–Crippen LogP) is 1.66. The van der Waals surface area contributed by atoms with Gasteiger partial charge in [-0.05, 0) is 58.4 Å². The summed E-state index contributed by atoms with van der Waals surface area (Å²) in [6.45, 7) is 1.08. The molecular weight excluding hydrogens is 322 g/mol. The van der Waals surface area contributed by atoms with Crippen LogP contribution < -0.4 is 4.74 Å². The van der Waals surface area contributed by atoms with E-state index in [1.54, 1.807) is 11.7 Å². The summed E-state index contributed by atoms with van der Waals surface area (Å²) >= 11 is 0. The van der Waals surface area contributed by atoms with Crippen molar-refractivity contribution >= 4 is 23.3 Å². The monoisotopic (exact) mass is 349 g/mol. The fraction of sp³-hybridized carbons (Fsp3) is 0.444. The highest BCUT2D eigenvalue weighted by molar-refractivity contribution is 5.95. The first kappa shape index (κ1) is 20.7. The van der Waals surface area contributed by atoms with Gasteiger partial charge in [-0.1, -0.05) is 0 Å². The van der Waals surface area contributed by atoms with Gasteiger partial charge in [0.1, 0.15) is 5.75 Å². The van der Waals surface area contributed by atoms with Crippen LogP contribution in [0.15, 0.2) is 24.4 Å². The van der Waals surface area contributed by atoms with Gasteiger partial charge in [0.05, 0.1) is 19.2 Å². The number of benzene rings is 1. The zero-order valence-electron chi connectivity index (χ0n) is 15.5. The van der Waals surface area contributed by atoms with Crippen LogP contribution in [-0.2, 0) is 11.2 Å². The number of carboxylic acid groups (broad SMARTS) is 1. The average molecular weight is 349 g/mol. The molecule has 25 heavy (non-hydrogen) atoms. The summed E-state index contributed by atoms with van der Waals surface area (Å²) < 4.78 is 7.09. The Labute approximate surface area is 148 Å². The molecule has 0 radical (unpaired) electrons. The van der Waals surface area contributed by atoms with Crippen LogP contribution in [0, 0.1) is 0 Å². The van der Waals surface area contributed by atoms with Crippen molar-refractivity contribution in [1.82, 2.24) is 14.4 Å². The van der Waals surface area contributed by atoms with E-state index in [2.05, 4.69) is 19.0 Å². The van der Waals surface area contributed by atoms with Gasteiger partial charge in [-0.3, -0.25) is 14.2 Å². The molecule has 0 atom stereocenters. The summed E-state index contributed by atoms with van der Waals surface area (Å²) in [5, 5.41) is 7.98. The maximum absolute atomic E-state index is 12.5. The van der Waals surface area contributed by atoms with E-state index in [1.807, 2.05) is 43.4 Å². The van der Waals surface area contributed by atoms with Crippen molar-refractivity contribution < 1.29 is 19.4 Å². The fourth-order valence-corrected chi connectivity index (χ4v) is 2.50. The number of carbonyl (C=O) groups is 2. The molecule has 0 aliphatic carbocycles. The van der Waals surface area contributed by atoms with E-state index in [9.17, 15) is 4.79 Å². The normalized spacial score (nSPS) is 10.7. The van der Waals surface area contributed by atoms with Gasteiger partial charge in [-0.2, -0.15) is 0 Å². The van der Waals surface area contributed by atoms with Gasteiger partial charge in [0.25, 0.3) is 6.47 Å². The van der Waals surface area contributed by atoms with Crippen molar-refractivity contribution in [2.24, 2.45) is 0 Å². The van der Waals surface area contributed by atoms with Crippen molar-refractivity contribution in [2.75, 3.05) is 48.4 Å². The van der Waals surface area contributed by atoms with Crippen LogP contribution in [0.4, 0.5) is 0 Å². The molecule has 1 aromatic carbocycles. The number of ether oxygens (including phenoxy) is 1. The SMILES string of the molecule is COc1ccc2c(c1)c(CCN(C)C)cn2C(=O)CN(C)C.O=CO. The van der Waals surface area contributed by atoms with Crippen molar-refractivity contribution in [1.29, 1.82) is 0 Å². The molecule has 1 heterocycles. The van der Waals surface area contributed by atoms with E-state index in [4.69, 9.17) is 14.6 Å². The zero-order chi connectivity index (χ0) is 19.0. The van der Waals surface area contributed by atoms with Crippen LogP contribution in [0.2, 0.25) is 0 Å². The molecule has 0 bridgehead atoms. The molecule has 1 N–H and O–H groups in total. The van der Waals surface area contributed by atoms with Gasteiger partial charge in [-0.25, -0.2) is 0 Å². The third kappa shape index (κ3) is 5.88. The van der Waals surface area contributed by atoms with Crippen LogP contribution in [0.25, 0.3) is 10.9 Å². The second-order valence-corrected chi connectivity index (χ2v) is 6.20. The molecule has 0 aliphatic rings. The topological polar surface area (TPSA) is 75.0 Å². The summed E-state index contributed by atoms with van der Waals surface area (Å²) in [6.07, 6.45) is 2.87. The number of nitrogens with zero attached hydrogens (tertiary/aromatic N) is 3. The lowest BCUT2D eigenvalue weighted by Gasteiger charge is -2.10. The van der Waals surface area contributed by atoms with E-state index in [0.29, 0.717) is 6.54 Å². The number of hydrogen-bond donors (Lipinski definition) is 1. The van der Waals surface area contributed by atoms with Crippen LogP contribution in [-0.4, -0.2) is 80.2 Å². The molecule has 0 unspecified atom stereocenters. The number of aromatic nitrogens is 1. The first-order valence-electron chi connectivity index (χ1n) is 7.92. The minimum Gasteiger partial charge on any atom is -0.497 e. The quantitative estimate of drug-likeness (QED) is 0.800. The second kappa shape index (κ2) is 9.80. The van der Waals surface area contributed by atoms with Crippen molar-refractivity contribution in [2.45, 2.75) is 6.42 Å². The number of fused-ring (bicyclic) bond motifs is 1. The molecule has 1 aromatic heterocycles. The average Bonchev–Trinajstić information content (AvgIpc) is 2.91. The van der Waals surface area contributed by atoms with Crippen LogP contribution in [0.1, 0.15) is 10.4 Å². The molecule has 0 spiro atoms. The van der Waals surface area contributed by atoms with Crippen molar-refractivity contribution in [3.63, 3.8) is 0 Å². The largest absolute Gasteiger partial charge is 0.497 e. The van der Waals surface area contributed by atoms with Gasteiger partial charge >= 0.3 is 0 Å². The van der Waals surface area contributed by atoms with Gasteiger partial charge < -0.3 is 19.6 Å². The van der Waals surface area contributed by atoms with Gasteiger partial charge in [-0.15, -0.1) is 0 Å². The van der Waals surface area contributed by atoms with Crippen LogP contribution >= 0.6 is 0 Å². The third-order valence-corrected chi connectivity index (χ3v) is 3.64. The molecule has 0 saturated heterocycles. The van der Waals surface area contributed by atoms with E-state index in [1.165, 1.54) is 5.56 Å². The van der Waals surface area contributed by atoms with E-state index < -0.39 is 0 Å². The van der Waals surface area contributed by atoms with Gasteiger partial charge in [0.2, 0.25) is 5.91 Å². The number of carbonyl (C=O) groups excluding carboxylic acids is 1. The zero-order valence-corrected chi connectivity index (χ0v) is 15.5.